The Bertz CT molecular complexity index is 448. The maximum absolute atomic E-state index is 11.9. The van der Waals surface area contributed by atoms with E-state index in [0.717, 1.165) is 32.1 Å². The number of esters is 1. The van der Waals surface area contributed by atoms with E-state index in [1.807, 2.05) is 0 Å². The molecule has 1 amide bonds. The minimum absolute atomic E-state index is 0.132. The lowest BCUT2D eigenvalue weighted by Crippen LogP contribution is -2.35. The minimum atomic E-state index is -1.86. The number of nitrogens with one attached hydrogen (secondary N) is 1. The summed E-state index contributed by atoms with van der Waals surface area (Å²) in [6.45, 7) is 2.10. The average Bonchev–Trinajstić information content (AvgIpc) is 2.51. The summed E-state index contributed by atoms with van der Waals surface area (Å²) in [7, 11) is -1.86. The van der Waals surface area contributed by atoms with Crippen LogP contribution in [0.5, 0.6) is 0 Å². The van der Waals surface area contributed by atoms with Gasteiger partial charge < -0.3 is 14.8 Å². The molecule has 0 aliphatic heterocycles. The van der Waals surface area contributed by atoms with Gasteiger partial charge in [-0.25, -0.2) is 4.79 Å². The standard InChI is InChI=1S/C14H22NO7P/c1-10(21-13(17)11-6-4-3-5-7-11)22-14(18)15-8-12(16)9-20-23(2)19/h10-11H,3-9H2,1-2H3/p+1. The van der Waals surface area contributed by atoms with Gasteiger partial charge in [0, 0.05) is 6.92 Å². The maximum atomic E-state index is 11.9. The Hall–Kier alpha value is -1.53. The third-order valence-corrected chi connectivity index (χ3v) is 3.82. The number of rotatable bonds is 8. The van der Waals surface area contributed by atoms with Crippen molar-refractivity contribution in [2.24, 2.45) is 5.92 Å². The molecule has 9 heteroatoms. The predicted molar refractivity (Wildman–Crippen MR) is 81.1 cm³/mol. The molecule has 0 radical (unpaired) electrons. The molecule has 1 fully saturated rings. The summed E-state index contributed by atoms with van der Waals surface area (Å²) >= 11 is 0. The normalized spacial score (nSPS) is 17.0. The SMILES string of the molecule is CC(OC(=O)NCC(=O)CO[P+](C)=O)OC(=O)C1CCCCC1. The predicted octanol–water partition coefficient (Wildman–Crippen LogP) is 2.14. The molecule has 0 spiro atoms. The van der Waals surface area contributed by atoms with Crippen molar-refractivity contribution in [2.75, 3.05) is 19.8 Å². The fourth-order valence-corrected chi connectivity index (χ4v) is 2.53. The number of amides is 1. The average molecular weight is 348 g/mol. The van der Waals surface area contributed by atoms with E-state index >= 15 is 0 Å². The molecule has 1 aliphatic rings. The summed E-state index contributed by atoms with van der Waals surface area (Å²) in [4.78, 5) is 34.7. The van der Waals surface area contributed by atoms with Gasteiger partial charge in [-0.05, 0) is 17.4 Å². The Morgan fingerprint density at radius 1 is 1.17 bits per heavy atom. The van der Waals surface area contributed by atoms with E-state index < -0.39 is 26.2 Å². The number of Topliss-reactive ketones (excluding diaryl/α,β-unsaturated/α-hetero) is 1. The smallest absolute Gasteiger partial charge is 0.425 e. The molecule has 2 unspecified atom stereocenters. The molecule has 0 saturated heterocycles. The molecule has 2 atom stereocenters. The molecule has 1 N–H and O–H groups in total. The Balaban J connectivity index is 2.21. The van der Waals surface area contributed by atoms with Gasteiger partial charge in [0.2, 0.25) is 6.29 Å². The largest absolute Gasteiger partial charge is 0.505 e. The quantitative estimate of drug-likeness (QED) is 0.407. The number of hydrogen-bond acceptors (Lipinski definition) is 7. The molecular weight excluding hydrogens is 325 g/mol. The van der Waals surface area contributed by atoms with Crippen LogP contribution in [-0.4, -0.2) is 44.0 Å². The minimum Gasteiger partial charge on any atom is -0.425 e. The molecule has 1 saturated carbocycles. The highest BCUT2D eigenvalue weighted by molar-refractivity contribution is 7.38. The van der Waals surface area contributed by atoms with Gasteiger partial charge in [-0.15, -0.1) is 4.52 Å². The first-order chi connectivity index (χ1) is 10.9. The monoisotopic (exact) mass is 348 g/mol. The molecule has 0 bridgehead atoms. The van der Waals surface area contributed by atoms with Gasteiger partial charge in [-0.2, -0.15) is 0 Å². The zero-order valence-corrected chi connectivity index (χ0v) is 14.3. The van der Waals surface area contributed by atoms with Crippen LogP contribution < -0.4 is 5.32 Å². The lowest BCUT2D eigenvalue weighted by molar-refractivity contribution is -0.171. The number of ether oxygens (including phenoxy) is 2. The number of ketones is 1. The van der Waals surface area contributed by atoms with Crippen LogP contribution in [0, 0.1) is 5.92 Å². The number of carbonyl (C=O) groups excluding carboxylic acids is 3. The Labute approximate surface area is 136 Å². The fourth-order valence-electron chi connectivity index (χ4n) is 2.20. The van der Waals surface area contributed by atoms with Crippen molar-refractivity contribution in [3.63, 3.8) is 0 Å². The third-order valence-electron chi connectivity index (χ3n) is 3.33. The van der Waals surface area contributed by atoms with Crippen molar-refractivity contribution >= 4 is 25.9 Å². The molecule has 0 heterocycles. The van der Waals surface area contributed by atoms with Gasteiger partial charge in [0.05, 0.1) is 12.5 Å². The zero-order chi connectivity index (χ0) is 17.2. The van der Waals surface area contributed by atoms with Gasteiger partial charge in [-0.1, -0.05) is 19.3 Å². The summed E-state index contributed by atoms with van der Waals surface area (Å²) < 4.78 is 25.2. The summed E-state index contributed by atoms with van der Waals surface area (Å²) in [5, 5.41) is 2.21. The van der Waals surface area contributed by atoms with Gasteiger partial charge in [0.25, 0.3) is 0 Å². The molecule has 1 rings (SSSR count). The Kier molecular flexibility index (Phi) is 8.73. The van der Waals surface area contributed by atoms with Gasteiger partial charge >= 0.3 is 20.1 Å². The van der Waals surface area contributed by atoms with Crippen molar-refractivity contribution in [2.45, 2.75) is 45.3 Å². The highest BCUT2D eigenvalue weighted by Gasteiger charge is 2.25. The molecule has 1 aliphatic carbocycles. The zero-order valence-electron chi connectivity index (χ0n) is 13.4. The lowest BCUT2D eigenvalue weighted by atomic mass is 9.89. The second-order valence-corrected chi connectivity index (χ2v) is 6.49. The summed E-state index contributed by atoms with van der Waals surface area (Å²) in [5.41, 5.74) is 0. The summed E-state index contributed by atoms with van der Waals surface area (Å²) in [6, 6.07) is 0. The van der Waals surface area contributed by atoms with Gasteiger partial charge in [-0.3, -0.25) is 9.59 Å². The van der Waals surface area contributed by atoms with E-state index in [0.29, 0.717) is 0 Å². The van der Waals surface area contributed by atoms with Crippen LogP contribution in [0.3, 0.4) is 0 Å². The lowest BCUT2D eigenvalue weighted by Gasteiger charge is -2.22. The van der Waals surface area contributed by atoms with Crippen molar-refractivity contribution in [3.05, 3.63) is 0 Å². The number of hydrogen-bond donors (Lipinski definition) is 1. The van der Waals surface area contributed by atoms with Crippen LogP contribution >= 0.6 is 8.03 Å². The summed E-state index contributed by atoms with van der Waals surface area (Å²) in [6.07, 6.45) is 2.83. The number of carbonyl (C=O) groups is 3. The van der Waals surface area contributed by atoms with Gasteiger partial charge in [0.15, 0.2) is 19.1 Å². The van der Waals surface area contributed by atoms with Gasteiger partial charge in [0.1, 0.15) is 0 Å². The van der Waals surface area contributed by atoms with Crippen LogP contribution in [0.2, 0.25) is 0 Å². The van der Waals surface area contributed by atoms with Crippen LogP contribution in [0.1, 0.15) is 39.0 Å². The third kappa shape index (κ3) is 8.62. The maximum Gasteiger partial charge on any atom is 0.505 e. The van der Waals surface area contributed by atoms with E-state index in [1.54, 1.807) is 0 Å². The first kappa shape index (κ1) is 19.5. The van der Waals surface area contributed by atoms with E-state index in [4.69, 9.17) is 9.47 Å². The van der Waals surface area contributed by atoms with E-state index in [9.17, 15) is 18.9 Å². The molecule has 8 nitrogen and oxygen atoms in total. The van der Waals surface area contributed by atoms with E-state index in [2.05, 4.69) is 9.84 Å². The van der Waals surface area contributed by atoms with Crippen LogP contribution in [0.4, 0.5) is 4.79 Å². The molecule has 0 aromatic heterocycles. The van der Waals surface area contributed by atoms with E-state index in [-0.39, 0.29) is 25.0 Å². The van der Waals surface area contributed by atoms with E-state index in [1.165, 1.54) is 13.6 Å². The summed E-state index contributed by atoms with van der Waals surface area (Å²) in [5.74, 6) is -0.937. The van der Waals surface area contributed by atoms with Crippen molar-refractivity contribution in [1.29, 1.82) is 0 Å². The first-order valence-electron chi connectivity index (χ1n) is 7.59. The molecular formula is C14H23NO7P+. The van der Waals surface area contributed by atoms with Crippen LogP contribution in [-0.2, 0) is 28.2 Å². The van der Waals surface area contributed by atoms with Crippen molar-refractivity contribution in [1.82, 2.24) is 5.32 Å². The van der Waals surface area contributed by atoms with Crippen LogP contribution in [0.25, 0.3) is 0 Å². The number of alkyl carbamates (subject to hydrolysis) is 1. The Morgan fingerprint density at radius 3 is 2.43 bits per heavy atom. The highest BCUT2D eigenvalue weighted by atomic mass is 31.1. The molecule has 0 aromatic rings. The van der Waals surface area contributed by atoms with Crippen LogP contribution in [0.15, 0.2) is 0 Å². The second kappa shape index (κ2) is 10.3. The molecule has 23 heavy (non-hydrogen) atoms. The topological polar surface area (TPSA) is 108 Å². The molecule has 0 aromatic carbocycles. The first-order valence-corrected chi connectivity index (χ1v) is 9.21. The molecule has 130 valence electrons. The fraction of sp³-hybridized carbons (Fsp3) is 0.786. The van der Waals surface area contributed by atoms with Crippen molar-refractivity contribution in [3.8, 4) is 0 Å². The van der Waals surface area contributed by atoms with Crippen molar-refractivity contribution < 1.29 is 32.9 Å². The highest BCUT2D eigenvalue weighted by Crippen LogP contribution is 2.25. The Morgan fingerprint density at radius 2 is 1.83 bits per heavy atom. The second-order valence-electron chi connectivity index (χ2n) is 5.35.